The third-order valence-corrected chi connectivity index (χ3v) is 17.7. The van der Waals surface area contributed by atoms with Crippen molar-refractivity contribution in [1.82, 2.24) is 89.0 Å². The zero-order chi connectivity index (χ0) is 81.6. The first kappa shape index (κ1) is 89.5. The summed E-state index contributed by atoms with van der Waals surface area (Å²) in [6.45, 7) is 13.2. The number of aromatic amines is 2. The third kappa shape index (κ3) is 29.1. The normalized spacial score (nSPS) is 15.7. The van der Waals surface area contributed by atoms with E-state index in [0.29, 0.717) is 23.2 Å². The molecule has 0 aliphatic carbocycles. The number of primary amides is 1. The van der Waals surface area contributed by atoms with Crippen LogP contribution in [0.1, 0.15) is 125 Å². The van der Waals surface area contributed by atoms with Gasteiger partial charge in [-0.15, -0.1) is 0 Å². The minimum absolute atomic E-state index is 0.00611. The van der Waals surface area contributed by atoms with Gasteiger partial charge in [-0.3, -0.25) is 71.9 Å². The molecule has 110 heavy (non-hydrogen) atoms. The number of H-pyrrole nitrogens is 2. The molecule has 3 heterocycles. The molecule has 0 bridgehead atoms. The number of likely N-dealkylation sites (tertiary alicyclic amines) is 1. The molecule has 5 rings (SSSR count). The second kappa shape index (κ2) is 43.8. The Labute approximate surface area is 637 Å². The van der Waals surface area contributed by atoms with Crippen LogP contribution in [-0.4, -0.2) is 236 Å². The molecular formula is C73H109N19O18. The Morgan fingerprint density at radius 1 is 0.518 bits per heavy atom. The number of carbonyl (C=O) groups is 15. The monoisotopic (exact) mass is 1540 g/mol. The molecule has 4 aromatic rings. The molecule has 2 aromatic heterocycles. The standard InChI is InChI=1S/C73H109N19O18/c1-37(2)22-50(66(103)80-34-61(99)92-21-13-16-57(92)72(109)86-49(63(75)100)28-45-31-76-36-81-45)87-67(104)52(24-39(5)6)88-68(105)53(25-40(7)8)89-69(106)54(26-43-17-19-46(95)20-18-43)84-59(97)32-78-64(101)41(9)82-71(108)56(35-93)85-60(98)33-79-65(102)51(23-38(3)4)90-73(110)62(42(10)94)91-70(107)55(83-58(96)29-74)27-44-30-77-48-15-12-11-14-47(44)48/h11-12,14-15,17-20,30-31,36-42,49-57,62,77,93-95H,13,16,21-29,32-35,74H2,1-10H3,(H2,75,100)(H,76,81)(H,78,101)(H,79,102)(H,80,103)(H,82,108)(H,83,96)(H,84,97)(H,85,98)(H,86,109)(H,87,104)(H,88,105)(H,89,106)(H,90,110)(H,91,107)/t41-,42?,49-,50-,51-,52-,53-,54-,55-,56-,57-,62-/m0/s1. The number of phenolic OH excluding ortho intramolecular Hbond substituents is 1. The molecule has 15 amide bonds. The van der Waals surface area contributed by atoms with E-state index in [9.17, 15) is 87.2 Å². The number of carbonyl (C=O) groups excluding carboxylic acids is 15. The molecule has 0 radical (unpaired) electrons. The number of hydrogen-bond donors (Lipinski definition) is 20. The van der Waals surface area contributed by atoms with Crippen molar-refractivity contribution >= 4 is 99.5 Å². The molecule has 1 aliphatic heterocycles. The van der Waals surface area contributed by atoms with Crippen molar-refractivity contribution in [3.8, 4) is 5.75 Å². The first-order valence-electron chi connectivity index (χ1n) is 36.7. The van der Waals surface area contributed by atoms with Crippen LogP contribution in [-0.2, 0) is 91.2 Å². The number of hydrogen-bond acceptors (Lipinski definition) is 20. The van der Waals surface area contributed by atoms with Gasteiger partial charge in [0.05, 0.1) is 45.2 Å². The number of nitrogens with two attached hydrogens (primary N) is 2. The fourth-order valence-electron chi connectivity index (χ4n) is 12.1. The van der Waals surface area contributed by atoms with E-state index in [1.807, 2.05) is 18.2 Å². The summed E-state index contributed by atoms with van der Waals surface area (Å²) in [6, 6.07) is -1.89. The largest absolute Gasteiger partial charge is 0.508 e. The Balaban J connectivity index is 1.17. The molecule has 12 atom stereocenters. The molecule has 1 saturated heterocycles. The van der Waals surface area contributed by atoms with Crippen molar-refractivity contribution in [2.45, 2.75) is 200 Å². The molecule has 2 aromatic carbocycles. The number of rotatable bonds is 44. The van der Waals surface area contributed by atoms with Gasteiger partial charge < -0.3 is 111 Å². The van der Waals surface area contributed by atoms with Crippen LogP contribution in [0.25, 0.3) is 10.9 Å². The Morgan fingerprint density at radius 2 is 1.00 bits per heavy atom. The van der Waals surface area contributed by atoms with Gasteiger partial charge in [0.15, 0.2) is 0 Å². The lowest BCUT2D eigenvalue weighted by Crippen LogP contribution is -2.60. The Hall–Kier alpha value is -11.1. The lowest BCUT2D eigenvalue weighted by atomic mass is 9.98. The number of aliphatic hydroxyl groups is 2. The van der Waals surface area contributed by atoms with Gasteiger partial charge in [0, 0.05) is 54.8 Å². The zero-order valence-electron chi connectivity index (χ0n) is 63.7. The molecule has 0 saturated carbocycles. The maximum absolute atomic E-state index is 14.4. The maximum atomic E-state index is 14.4. The molecule has 0 spiro atoms. The highest BCUT2D eigenvalue weighted by atomic mass is 16.3. The number of nitrogens with one attached hydrogen (secondary N) is 15. The summed E-state index contributed by atoms with van der Waals surface area (Å²) in [4.78, 5) is 215. The number of aromatic hydroxyl groups is 1. The molecule has 1 unspecified atom stereocenters. The number of aromatic nitrogens is 3. The van der Waals surface area contributed by atoms with E-state index in [-0.39, 0.29) is 87.3 Å². The fraction of sp³-hybridized carbons (Fsp3) is 0.562. The highest BCUT2D eigenvalue weighted by Gasteiger charge is 2.39. The SMILES string of the molecule is CC(C)C[C@H](NC(=O)[C@H](CC(C)C)NC(=O)[C@H](CC(C)C)NC(=O)[C@H](Cc1ccc(O)cc1)NC(=O)CNC(=O)[C@H](C)NC(=O)[C@H](CO)NC(=O)CNC(=O)[C@H](CC(C)C)NC(=O)[C@@H](NC(=O)[C@H](Cc1c[nH]c2ccccc12)NC(=O)CN)C(C)O)C(=O)NCC(=O)N1CCC[C@H]1C(=O)N[C@@H](Cc1cnc[nH]1)C(N)=O. The van der Waals surface area contributed by atoms with Gasteiger partial charge in [0.1, 0.15) is 72.2 Å². The summed E-state index contributed by atoms with van der Waals surface area (Å²) in [5, 5.41) is 64.4. The highest BCUT2D eigenvalue weighted by Crippen LogP contribution is 2.22. The average Bonchev–Trinajstić information content (AvgIpc) is 1.68. The van der Waals surface area contributed by atoms with Crippen molar-refractivity contribution in [1.29, 1.82) is 0 Å². The van der Waals surface area contributed by atoms with E-state index < -0.39 is 194 Å². The number of aliphatic hydroxyl groups excluding tert-OH is 2. The van der Waals surface area contributed by atoms with E-state index in [0.717, 1.165) is 10.9 Å². The van der Waals surface area contributed by atoms with Crippen LogP contribution in [0.2, 0.25) is 0 Å². The van der Waals surface area contributed by atoms with E-state index in [1.54, 1.807) is 67.7 Å². The van der Waals surface area contributed by atoms with Crippen LogP contribution < -0.4 is 80.6 Å². The summed E-state index contributed by atoms with van der Waals surface area (Å²) >= 11 is 0. The number of phenols is 1. The van der Waals surface area contributed by atoms with Gasteiger partial charge in [0.25, 0.3) is 0 Å². The van der Waals surface area contributed by atoms with Gasteiger partial charge in [-0.2, -0.15) is 0 Å². The van der Waals surface area contributed by atoms with E-state index in [4.69, 9.17) is 11.5 Å². The zero-order valence-corrected chi connectivity index (χ0v) is 63.7. The number of nitrogens with zero attached hydrogens (tertiary/aromatic N) is 2. The summed E-state index contributed by atoms with van der Waals surface area (Å²) in [6.07, 6.45) is 3.68. The fourth-order valence-corrected chi connectivity index (χ4v) is 12.1. The van der Waals surface area contributed by atoms with Gasteiger partial charge in [-0.1, -0.05) is 85.7 Å². The summed E-state index contributed by atoms with van der Waals surface area (Å²) in [5.41, 5.74) is 13.5. The average molecular weight is 1540 g/mol. The van der Waals surface area contributed by atoms with E-state index >= 15 is 0 Å². The van der Waals surface area contributed by atoms with Crippen LogP contribution in [0.5, 0.6) is 5.75 Å². The van der Waals surface area contributed by atoms with E-state index in [1.165, 1.54) is 55.5 Å². The molecule has 1 aliphatic rings. The predicted octanol–water partition coefficient (Wildman–Crippen LogP) is -4.17. The second-order valence-electron chi connectivity index (χ2n) is 29.0. The summed E-state index contributed by atoms with van der Waals surface area (Å²) in [5.74, 6) is -13.5. The van der Waals surface area contributed by atoms with Crippen molar-refractivity contribution < 1.29 is 87.2 Å². The van der Waals surface area contributed by atoms with Crippen molar-refractivity contribution in [2.24, 2.45) is 35.1 Å². The Morgan fingerprint density at radius 3 is 1.52 bits per heavy atom. The Bertz CT molecular complexity index is 3830. The summed E-state index contributed by atoms with van der Waals surface area (Å²) < 4.78 is 0. The van der Waals surface area contributed by atoms with Gasteiger partial charge in [-0.05, 0) is 105 Å². The Kier molecular flexibility index (Phi) is 35.7. The first-order chi connectivity index (χ1) is 52.0. The minimum atomic E-state index is -1.70. The lowest BCUT2D eigenvalue weighted by Gasteiger charge is -2.28. The van der Waals surface area contributed by atoms with Gasteiger partial charge >= 0.3 is 0 Å². The van der Waals surface area contributed by atoms with Crippen LogP contribution in [0, 0.1) is 23.7 Å². The highest BCUT2D eigenvalue weighted by molar-refractivity contribution is 6.00. The number of fused-ring (bicyclic) bond motifs is 1. The summed E-state index contributed by atoms with van der Waals surface area (Å²) in [7, 11) is 0. The number of benzene rings is 2. The first-order valence-corrected chi connectivity index (χ1v) is 36.7. The van der Waals surface area contributed by atoms with Crippen LogP contribution in [0.4, 0.5) is 0 Å². The second-order valence-corrected chi connectivity index (χ2v) is 29.0. The van der Waals surface area contributed by atoms with E-state index in [2.05, 4.69) is 84.1 Å². The lowest BCUT2D eigenvalue weighted by molar-refractivity contribution is -0.140. The molecule has 37 heteroatoms. The topological polar surface area (TPSA) is 573 Å². The van der Waals surface area contributed by atoms with Crippen molar-refractivity contribution in [3.05, 3.63) is 84.1 Å². The number of imidazole rings is 1. The predicted molar refractivity (Wildman–Crippen MR) is 400 cm³/mol. The molecule has 22 N–H and O–H groups in total. The maximum Gasteiger partial charge on any atom is 0.245 e. The molecule has 1 fully saturated rings. The molecule has 37 nitrogen and oxygen atoms in total. The van der Waals surface area contributed by atoms with Crippen LogP contribution >= 0.6 is 0 Å². The van der Waals surface area contributed by atoms with Crippen molar-refractivity contribution in [3.63, 3.8) is 0 Å². The quantitative estimate of drug-likeness (QED) is 0.0200. The van der Waals surface area contributed by atoms with Crippen LogP contribution in [0.15, 0.2) is 67.3 Å². The minimum Gasteiger partial charge on any atom is -0.508 e. The number of para-hydroxylation sites is 1. The third-order valence-electron chi connectivity index (χ3n) is 17.7. The van der Waals surface area contributed by atoms with Crippen molar-refractivity contribution in [2.75, 3.05) is 39.3 Å². The van der Waals surface area contributed by atoms with Gasteiger partial charge in [0.2, 0.25) is 88.6 Å². The smallest absolute Gasteiger partial charge is 0.245 e. The molecule has 604 valence electrons. The molecular weight excluding hydrogens is 1430 g/mol. The number of amides is 15. The van der Waals surface area contributed by atoms with Gasteiger partial charge in [-0.25, -0.2) is 4.98 Å². The van der Waals surface area contributed by atoms with Crippen LogP contribution in [0.3, 0.4) is 0 Å².